The van der Waals surface area contributed by atoms with Crippen molar-refractivity contribution in [2.45, 2.75) is 6.92 Å². The van der Waals surface area contributed by atoms with Crippen LogP contribution in [0, 0.1) is 18.3 Å². The summed E-state index contributed by atoms with van der Waals surface area (Å²) in [6.45, 7) is 5.47. The number of hydrogen-bond donors (Lipinski definition) is 0. The van der Waals surface area contributed by atoms with E-state index in [1.807, 2.05) is 30.8 Å². The van der Waals surface area contributed by atoms with Crippen LogP contribution in [0.1, 0.15) is 16.1 Å². The van der Waals surface area contributed by atoms with Crippen molar-refractivity contribution in [2.75, 3.05) is 60.5 Å². The van der Waals surface area contributed by atoms with Gasteiger partial charge in [-0.2, -0.15) is 0 Å². The highest BCUT2D eigenvalue weighted by Crippen LogP contribution is 2.43. The molecule has 0 unspecified atom stereocenters. The first-order valence-corrected chi connectivity index (χ1v) is 8.61. The van der Waals surface area contributed by atoms with Gasteiger partial charge in [0.15, 0.2) is 0 Å². The van der Waals surface area contributed by atoms with Crippen molar-refractivity contribution >= 4 is 11.8 Å². The second-order valence-electron chi connectivity index (χ2n) is 7.58. The van der Waals surface area contributed by atoms with Crippen LogP contribution in [0.15, 0.2) is 16.7 Å². The Morgan fingerprint density at radius 2 is 2.00 bits per heavy atom. The highest BCUT2D eigenvalue weighted by Gasteiger charge is 2.54. The Labute approximate surface area is 148 Å². The Bertz CT molecular complexity index is 657. The van der Waals surface area contributed by atoms with Gasteiger partial charge in [-0.15, -0.1) is 0 Å². The van der Waals surface area contributed by atoms with E-state index in [1.54, 1.807) is 12.3 Å². The molecule has 2 aliphatic heterocycles. The van der Waals surface area contributed by atoms with E-state index in [2.05, 4.69) is 4.90 Å². The number of methoxy groups -OCH3 is 1. The summed E-state index contributed by atoms with van der Waals surface area (Å²) >= 11 is 0. The normalized spacial score (nSPS) is 25.7. The predicted octanol–water partition coefficient (Wildman–Crippen LogP) is 0.697. The third-order valence-electron chi connectivity index (χ3n) is 5.39. The monoisotopic (exact) mass is 349 g/mol. The second-order valence-corrected chi connectivity index (χ2v) is 7.58. The van der Waals surface area contributed by atoms with E-state index in [-0.39, 0.29) is 29.8 Å². The van der Waals surface area contributed by atoms with Gasteiger partial charge in [-0.05, 0) is 27.1 Å². The summed E-state index contributed by atoms with van der Waals surface area (Å²) in [5.41, 5.74) is 0.549. The number of fused-ring (bicyclic) bond motifs is 1. The number of ether oxygens (including phenoxy) is 1. The highest BCUT2D eigenvalue weighted by molar-refractivity contribution is 5.95. The molecule has 0 radical (unpaired) electrons. The van der Waals surface area contributed by atoms with E-state index in [0.717, 1.165) is 6.54 Å². The Morgan fingerprint density at radius 3 is 2.60 bits per heavy atom. The molecule has 2 aliphatic rings. The first kappa shape index (κ1) is 17.9. The van der Waals surface area contributed by atoms with Gasteiger partial charge in [0.1, 0.15) is 12.4 Å². The third kappa shape index (κ3) is 3.30. The van der Waals surface area contributed by atoms with Gasteiger partial charge in [0.2, 0.25) is 5.91 Å². The molecule has 2 amide bonds. The molecule has 3 heterocycles. The average molecular weight is 349 g/mol. The molecule has 0 aromatic carbocycles. The van der Waals surface area contributed by atoms with Gasteiger partial charge >= 0.3 is 0 Å². The largest absolute Gasteiger partial charge is 0.469 e. The molecule has 2 fully saturated rings. The lowest BCUT2D eigenvalue weighted by Crippen LogP contribution is -2.44. The maximum atomic E-state index is 12.9. The zero-order chi connectivity index (χ0) is 18.2. The standard InChI is InChI=1S/C18H27N3O4/c1-13-15(5-6-25-13)17(23)21-8-14-7-20(16(22)9-24-4)11-18(14,12-21)10-19(2)3/h5-6,14H,7-12H2,1-4H3/t14-,18+/m1/s1. The van der Waals surface area contributed by atoms with Gasteiger partial charge in [-0.25, -0.2) is 0 Å². The van der Waals surface area contributed by atoms with Crippen molar-refractivity contribution in [1.82, 2.24) is 14.7 Å². The summed E-state index contributed by atoms with van der Waals surface area (Å²) in [5, 5.41) is 0. The van der Waals surface area contributed by atoms with Crippen molar-refractivity contribution in [3.63, 3.8) is 0 Å². The fraction of sp³-hybridized carbons (Fsp3) is 0.667. The molecule has 0 bridgehead atoms. The van der Waals surface area contributed by atoms with E-state index in [1.165, 1.54) is 7.11 Å². The number of carbonyl (C=O) groups is 2. The molecule has 2 saturated heterocycles. The molecule has 0 aliphatic carbocycles. The number of likely N-dealkylation sites (tertiary alicyclic amines) is 2. The molecule has 25 heavy (non-hydrogen) atoms. The minimum Gasteiger partial charge on any atom is -0.469 e. The predicted molar refractivity (Wildman–Crippen MR) is 92.3 cm³/mol. The third-order valence-corrected chi connectivity index (χ3v) is 5.39. The van der Waals surface area contributed by atoms with Gasteiger partial charge in [0.05, 0.1) is 11.8 Å². The molecule has 0 spiro atoms. The number of furan rings is 1. The molecule has 3 rings (SSSR count). The summed E-state index contributed by atoms with van der Waals surface area (Å²) in [6.07, 6.45) is 1.56. The first-order valence-electron chi connectivity index (χ1n) is 8.61. The Hall–Kier alpha value is -1.86. The summed E-state index contributed by atoms with van der Waals surface area (Å²) in [5.74, 6) is 0.986. The summed E-state index contributed by atoms with van der Waals surface area (Å²) in [6, 6.07) is 1.73. The molecule has 7 heteroatoms. The molecule has 1 aromatic rings. The van der Waals surface area contributed by atoms with Crippen molar-refractivity contribution in [3.8, 4) is 0 Å². The Morgan fingerprint density at radius 1 is 1.32 bits per heavy atom. The summed E-state index contributed by atoms with van der Waals surface area (Å²) in [7, 11) is 5.62. The van der Waals surface area contributed by atoms with E-state index in [0.29, 0.717) is 37.5 Å². The lowest BCUT2D eigenvalue weighted by Gasteiger charge is -2.32. The maximum absolute atomic E-state index is 12.9. The number of carbonyl (C=O) groups excluding carboxylic acids is 2. The van der Waals surface area contributed by atoms with E-state index >= 15 is 0 Å². The minimum absolute atomic E-state index is 0.0218. The van der Waals surface area contributed by atoms with Crippen LogP contribution in [0.3, 0.4) is 0 Å². The topological polar surface area (TPSA) is 66.2 Å². The number of hydrogen-bond acceptors (Lipinski definition) is 5. The molecule has 0 N–H and O–H groups in total. The van der Waals surface area contributed by atoms with Crippen LogP contribution >= 0.6 is 0 Å². The van der Waals surface area contributed by atoms with Crippen LogP contribution in [-0.4, -0.2) is 87.0 Å². The number of amides is 2. The van der Waals surface area contributed by atoms with Crippen LogP contribution < -0.4 is 0 Å². The number of rotatable bonds is 5. The van der Waals surface area contributed by atoms with Crippen molar-refractivity contribution < 1.29 is 18.7 Å². The van der Waals surface area contributed by atoms with E-state index in [9.17, 15) is 9.59 Å². The van der Waals surface area contributed by atoms with Gasteiger partial charge in [-0.1, -0.05) is 0 Å². The van der Waals surface area contributed by atoms with Crippen molar-refractivity contribution in [2.24, 2.45) is 11.3 Å². The number of nitrogens with zero attached hydrogens (tertiary/aromatic N) is 3. The van der Waals surface area contributed by atoms with Crippen molar-refractivity contribution in [3.05, 3.63) is 23.7 Å². The zero-order valence-electron chi connectivity index (χ0n) is 15.4. The summed E-state index contributed by atoms with van der Waals surface area (Å²) < 4.78 is 10.3. The quantitative estimate of drug-likeness (QED) is 0.783. The molecule has 138 valence electrons. The van der Waals surface area contributed by atoms with E-state index in [4.69, 9.17) is 9.15 Å². The fourth-order valence-electron chi connectivity index (χ4n) is 4.37. The molecule has 1 aromatic heterocycles. The molecule has 7 nitrogen and oxygen atoms in total. The lowest BCUT2D eigenvalue weighted by molar-refractivity contribution is -0.134. The highest BCUT2D eigenvalue weighted by atomic mass is 16.5. The van der Waals surface area contributed by atoms with E-state index < -0.39 is 0 Å². The first-order chi connectivity index (χ1) is 11.9. The van der Waals surface area contributed by atoms with Gasteiger partial charge < -0.3 is 23.9 Å². The van der Waals surface area contributed by atoms with Gasteiger partial charge in [0.25, 0.3) is 5.91 Å². The fourth-order valence-corrected chi connectivity index (χ4v) is 4.37. The van der Waals surface area contributed by atoms with Gasteiger partial charge in [-0.3, -0.25) is 9.59 Å². The van der Waals surface area contributed by atoms with Crippen LogP contribution in [0.5, 0.6) is 0 Å². The maximum Gasteiger partial charge on any atom is 0.257 e. The molecule has 2 atom stereocenters. The molecular formula is C18H27N3O4. The SMILES string of the molecule is COCC(=O)N1C[C@@H]2CN(C(=O)c3ccoc3C)C[C@]2(CN(C)C)C1. The molecule has 0 saturated carbocycles. The molecular weight excluding hydrogens is 322 g/mol. The average Bonchev–Trinajstić information content (AvgIpc) is 3.18. The van der Waals surface area contributed by atoms with Crippen LogP contribution in [-0.2, 0) is 9.53 Å². The number of aryl methyl sites for hydroxylation is 1. The van der Waals surface area contributed by atoms with Crippen molar-refractivity contribution in [1.29, 1.82) is 0 Å². The van der Waals surface area contributed by atoms with Crippen LogP contribution in [0.25, 0.3) is 0 Å². The second kappa shape index (κ2) is 6.80. The van der Waals surface area contributed by atoms with Crippen LogP contribution in [0.4, 0.5) is 0 Å². The van der Waals surface area contributed by atoms with Gasteiger partial charge in [0, 0.05) is 51.2 Å². The lowest BCUT2D eigenvalue weighted by atomic mass is 9.80. The zero-order valence-corrected chi connectivity index (χ0v) is 15.4. The smallest absolute Gasteiger partial charge is 0.257 e. The Balaban J connectivity index is 1.78. The minimum atomic E-state index is -0.0831. The Kier molecular flexibility index (Phi) is 4.88. The van der Waals surface area contributed by atoms with Crippen LogP contribution in [0.2, 0.25) is 0 Å². The summed E-state index contributed by atoms with van der Waals surface area (Å²) in [4.78, 5) is 31.1.